The SMILES string of the molecule is CCCn1nnnc1CN(Cc1nccn1CC)C1CC12CCNCC2.Cl. The van der Waals surface area contributed by atoms with E-state index >= 15 is 0 Å². The monoisotopic (exact) mass is 394 g/mol. The van der Waals surface area contributed by atoms with E-state index in [0.717, 1.165) is 57.3 Å². The zero-order valence-electron chi connectivity index (χ0n) is 16.3. The summed E-state index contributed by atoms with van der Waals surface area (Å²) in [5, 5.41) is 15.9. The van der Waals surface area contributed by atoms with E-state index in [1.165, 1.54) is 19.3 Å². The highest BCUT2D eigenvalue weighted by Gasteiger charge is 2.56. The predicted molar refractivity (Wildman–Crippen MR) is 105 cm³/mol. The molecule has 1 spiro atoms. The number of aryl methyl sites for hydroxylation is 2. The zero-order chi connectivity index (χ0) is 18.0. The lowest BCUT2D eigenvalue weighted by Crippen LogP contribution is -2.36. The van der Waals surface area contributed by atoms with E-state index < -0.39 is 0 Å². The smallest absolute Gasteiger partial charge is 0.165 e. The third-order valence-corrected chi connectivity index (χ3v) is 6.06. The van der Waals surface area contributed by atoms with Gasteiger partial charge >= 0.3 is 0 Å². The molecule has 0 aromatic carbocycles. The van der Waals surface area contributed by atoms with Gasteiger partial charge in [0.25, 0.3) is 0 Å². The summed E-state index contributed by atoms with van der Waals surface area (Å²) in [6.07, 6.45) is 8.86. The van der Waals surface area contributed by atoms with Crippen molar-refractivity contribution in [2.75, 3.05) is 13.1 Å². The zero-order valence-corrected chi connectivity index (χ0v) is 17.2. The number of rotatable bonds is 8. The number of halogens is 1. The molecule has 1 N–H and O–H groups in total. The van der Waals surface area contributed by atoms with Crippen LogP contribution in [-0.2, 0) is 26.2 Å². The van der Waals surface area contributed by atoms with E-state index in [1.807, 2.05) is 10.9 Å². The Morgan fingerprint density at radius 3 is 2.74 bits per heavy atom. The molecule has 1 aliphatic heterocycles. The van der Waals surface area contributed by atoms with Crippen molar-refractivity contribution < 1.29 is 0 Å². The number of aromatic nitrogens is 6. The summed E-state index contributed by atoms with van der Waals surface area (Å²) < 4.78 is 4.19. The molecule has 2 aromatic heterocycles. The highest BCUT2D eigenvalue weighted by atomic mass is 35.5. The van der Waals surface area contributed by atoms with Gasteiger partial charge in [0.15, 0.2) is 5.82 Å². The second-order valence-corrected chi connectivity index (χ2v) is 7.69. The third-order valence-electron chi connectivity index (χ3n) is 6.06. The van der Waals surface area contributed by atoms with Crippen molar-refractivity contribution in [1.29, 1.82) is 0 Å². The van der Waals surface area contributed by atoms with Crippen molar-refractivity contribution >= 4 is 12.4 Å². The van der Waals surface area contributed by atoms with Gasteiger partial charge in [0.2, 0.25) is 0 Å². The molecule has 27 heavy (non-hydrogen) atoms. The fourth-order valence-electron chi connectivity index (χ4n) is 4.45. The molecule has 2 fully saturated rings. The summed E-state index contributed by atoms with van der Waals surface area (Å²) in [6.45, 7) is 10.1. The Bertz CT molecular complexity index is 721. The fraction of sp³-hybridized carbons (Fsp3) is 0.778. The van der Waals surface area contributed by atoms with Gasteiger partial charge in [-0.3, -0.25) is 4.90 Å². The van der Waals surface area contributed by atoms with Gasteiger partial charge in [0.1, 0.15) is 5.82 Å². The van der Waals surface area contributed by atoms with Crippen LogP contribution in [0.5, 0.6) is 0 Å². The molecular weight excluding hydrogens is 364 g/mol. The molecule has 2 aliphatic rings. The molecule has 4 rings (SSSR count). The predicted octanol–water partition coefficient (Wildman–Crippen LogP) is 1.87. The Kier molecular flexibility index (Phi) is 6.49. The van der Waals surface area contributed by atoms with Crippen LogP contribution in [0.4, 0.5) is 0 Å². The quantitative estimate of drug-likeness (QED) is 0.736. The van der Waals surface area contributed by atoms with E-state index in [-0.39, 0.29) is 12.4 Å². The minimum atomic E-state index is 0. The first-order valence-corrected chi connectivity index (χ1v) is 9.95. The van der Waals surface area contributed by atoms with Crippen molar-refractivity contribution in [1.82, 2.24) is 40.0 Å². The van der Waals surface area contributed by atoms with Crippen LogP contribution in [0.2, 0.25) is 0 Å². The van der Waals surface area contributed by atoms with Crippen molar-refractivity contribution in [3.63, 3.8) is 0 Å². The molecule has 1 saturated carbocycles. The Balaban J connectivity index is 0.00000210. The Hall–Kier alpha value is -1.51. The van der Waals surface area contributed by atoms with Crippen LogP contribution >= 0.6 is 12.4 Å². The van der Waals surface area contributed by atoms with Crippen LogP contribution in [0.3, 0.4) is 0 Å². The largest absolute Gasteiger partial charge is 0.334 e. The summed E-state index contributed by atoms with van der Waals surface area (Å²) in [4.78, 5) is 7.18. The molecule has 1 atom stereocenters. The Labute approximate surface area is 167 Å². The lowest BCUT2D eigenvalue weighted by molar-refractivity contribution is 0.175. The number of nitrogens with zero attached hydrogens (tertiary/aromatic N) is 7. The lowest BCUT2D eigenvalue weighted by Gasteiger charge is -2.29. The molecule has 1 saturated heterocycles. The van der Waals surface area contributed by atoms with Gasteiger partial charge in [-0.1, -0.05) is 6.92 Å². The summed E-state index contributed by atoms with van der Waals surface area (Å²) in [7, 11) is 0. The molecule has 9 heteroatoms. The molecular formula is C18H31ClN8. The summed E-state index contributed by atoms with van der Waals surface area (Å²) in [5.41, 5.74) is 0.484. The van der Waals surface area contributed by atoms with Gasteiger partial charge in [-0.15, -0.1) is 17.5 Å². The Morgan fingerprint density at radius 1 is 1.22 bits per heavy atom. The minimum Gasteiger partial charge on any atom is -0.334 e. The first-order valence-electron chi connectivity index (χ1n) is 9.95. The maximum Gasteiger partial charge on any atom is 0.165 e. The normalized spacial score (nSPS) is 20.8. The number of hydrogen-bond acceptors (Lipinski definition) is 6. The fourth-order valence-corrected chi connectivity index (χ4v) is 4.45. The maximum atomic E-state index is 4.61. The summed E-state index contributed by atoms with van der Waals surface area (Å²) >= 11 is 0. The van der Waals surface area contributed by atoms with Crippen molar-refractivity contribution in [2.24, 2.45) is 5.41 Å². The van der Waals surface area contributed by atoms with Crippen LogP contribution in [-0.4, -0.2) is 53.8 Å². The van der Waals surface area contributed by atoms with E-state index in [1.54, 1.807) is 0 Å². The van der Waals surface area contributed by atoms with Gasteiger partial charge < -0.3 is 9.88 Å². The summed E-state index contributed by atoms with van der Waals surface area (Å²) in [5.74, 6) is 2.11. The highest BCUT2D eigenvalue weighted by molar-refractivity contribution is 5.85. The van der Waals surface area contributed by atoms with Crippen LogP contribution in [0, 0.1) is 5.41 Å². The average Bonchev–Trinajstić information content (AvgIpc) is 3.01. The molecule has 2 aromatic rings. The molecule has 0 bridgehead atoms. The van der Waals surface area contributed by atoms with Gasteiger partial charge in [-0.05, 0) is 61.5 Å². The molecule has 0 amide bonds. The second kappa shape index (κ2) is 8.67. The molecule has 1 unspecified atom stereocenters. The van der Waals surface area contributed by atoms with Gasteiger partial charge in [-0.2, -0.15) is 0 Å². The Morgan fingerprint density at radius 2 is 2.00 bits per heavy atom. The van der Waals surface area contributed by atoms with Crippen LogP contribution < -0.4 is 5.32 Å². The van der Waals surface area contributed by atoms with Gasteiger partial charge in [0, 0.05) is 31.5 Å². The number of hydrogen-bond donors (Lipinski definition) is 1. The van der Waals surface area contributed by atoms with E-state index in [9.17, 15) is 0 Å². The minimum absolute atomic E-state index is 0. The van der Waals surface area contributed by atoms with Gasteiger partial charge in [0.05, 0.1) is 13.1 Å². The average molecular weight is 395 g/mol. The van der Waals surface area contributed by atoms with Crippen molar-refractivity contribution in [3.05, 3.63) is 24.0 Å². The van der Waals surface area contributed by atoms with Crippen LogP contribution in [0.1, 0.15) is 51.2 Å². The topological polar surface area (TPSA) is 76.7 Å². The first-order chi connectivity index (χ1) is 12.8. The lowest BCUT2D eigenvalue weighted by atomic mass is 9.93. The molecule has 150 valence electrons. The van der Waals surface area contributed by atoms with E-state index in [0.29, 0.717) is 11.5 Å². The molecule has 1 aliphatic carbocycles. The number of tetrazole rings is 1. The highest BCUT2D eigenvalue weighted by Crippen LogP contribution is 2.56. The molecule has 8 nitrogen and oxygen atoms in total. The maximum absolute atomic E-state index is 4.61. The molecule has 3 heterocycles. The first kappa shape index (κ1) is 20.2. The number of piperidine rings is 1. The third kappa shape index (κ3) is 4.17. The van der Waals surface area contributed by atoms with Crippen molar-refractivity contribution in [3.8, 4) is 0 Å². The number of nitrogens with one attached hydrogen (secondary N) is 1. The van der Waals surface area contributed by atoms with E-state index in [4.69, 9.17) is 0 Å². The van der Waals surface area contributed by atoms with Crippen LogP contribution in [0.15, 0.2) is 12.4 Å². The van der Waals surface area contributed by atoms with Gasteiger partial charge in [-0.25, -0.2) is 9.67 Å². The number of imidazole rings is 1. The van der Waals surface area contributed by atoms with E-state index in [2.05, 4.69) is 55.3 Å². The second-order valence-electron chi connectivity index (χ2n) is 7.69. The molecule has 0 radical (unpaired) electrons. The van der Waals surface area contributed by atoms with Crippen LogP contribution in [0.25, 0.3) is 0 Å². The summed E-state index contributed by atoms with van der Waals surface area (Å²) in [6, 6.07) is 0.610. The standard InChI is InChI=1S/C18H30N8.ClH/c1-3-10-26-17(21-22-23-26)14-25(13-16-20-9-11-24(16)4-2)15-12-18(15)5-7-19-8-6-18;/h9,11,15,19H,3-8,10,12-14H2,1-2H3;1H. The van der Waals surface area contributed by atoms with Crippen molar-refractivity contribution in [2.45, 2.75) is 71.8 Å².